The number of carboxylic acid groups (broad SMARTS) is 1. The van der Waals surface area contributed by atoms with Crippen LogP contribution in [-0.4, -0.2) is 36.1 Å². The van der Waals surface area contributed by atoms with Crippen molar-refractivity contribution >= 4 is 29.2 Å². The van der Waals surface area contributed by atoms with Crippen molar-refractivity contribution < 1.29 is 19.4 Å². The van der Waals surface area contributed by atoms with E-state index < -0.39 is 17.9 Å². The minimum Gasteiger partial charge on any atom is -0.480 e. The van der Waals surface area contributed by atoms with Gasteiger partial charge in [-0.2, -0.15) is 0 Å². The molecule has 0 spiro atoms. The second-order valence-corrected chi connectivity index (χ2v) is 9.45. The number of hydrogen-bond acceptors (Lipinski definition) is 4. The molecule has 0 aliphatic rings. The molecule has 0 radical (unpaired) electrons. The summed E-state index contributed by atoms with van der Waals surface area (Å²) in [4.78, 5) is 27.3. The van der Waals surface area contributed by atoms with Gasteiger partial charge in [0.15, 0.2) is 0 Å². The van der Waals surface area contributed by atoms with Gasteiger partial charge in [-0.15, -0.1) is 0 Å². The lowest BCUT2D eigenvalue weighted by Crippen LogP contribution is -2.42. The summed E-state index contributed by atoms with van der Waals surface area (Å²) in [5.74, 6) is -0.126. The maximum atomic E-state index is 13.2. The van der Waals surface area contributed by atoms with Crippen molar-refractivity contribution in [2.24, 2.45) is 0 Å². The zero-order chi connectivity index (χ0) is 27.8. The van der Waals surface area contributed by atoms with E-state index in [1.807, 2.05) is 97.6 Å². The van der Waals surface area contributed by atoms with Crippen LogP contribution in [-0.2, 0) is 11.2 Å². The maximum absolute atomic E-state index is 13.2. The third-order valence-electron chi connectivity index (χ3n) is 6.47. The van der Waals surface area contributed by atoms with E-state index in [0.717, 1.165) is 28.2 Å². The Bertz CT molecular complexity index is 1420. The Morgan fingerprint density at radius 1 is 0.897 bits per heavy atom. The lowest BCUT2D eigenvalue weighted by molar-refractivity contribution is -0.139. The molecule has 200 valence electrons. The Hall–Kier alpha value is -4.29. The Kier molecular flexibility index (Phi) is 9.23. The molecular weight excluding hydrogens is 512 g/mol. The average molecular weight is 543 g/mol. The van der Waals surface area contributed by atoms with Gasteiger partial charge in [0.25, 0.3) is 5.91 Å². The maximum Gasteiger partial charge on any atom is 0.326 e. The van der Waals surface area contributed by atoms with E-state index in [1.54, 1.807) is 18.2 Å². The van der Waals surface area contributed by atoms with Crippen LogP contribution in [0.5, 0.6) is 11.5 Å². The van der Waals surface area contributed by atoms with Crippen molar-refractivity contribution in [3.05, 3.63) is 113 Å². The highest BCUT2D eigenvalue weighted by molar-refractivity contribution is 6.31. The number of nitrogens with zero attached hydrogens (tertiary/aromatic N) is 1. The molecule has 4 rings (SSSR count). The minimum atomic E-state index is -1.11. The summed E-state index contributed by atoms with van der Waals surface area (Å²) in [7, 11) is 0. The number of para-hydroxylation sites is 2. The highest BCUT2D eigenvalue weighted by atomic mass is 35.5. The summed E-state index contributed by atoms with van der Waals surface area (Å²) in [6.45, 7) is 5.39. The lowest BCUT2D eigenvalue weighted by Gasteiger charge is -2.24. The number of nitrogens with one attached hydrogen (secondary N) is 1. The number of hydrogen-bond donors (Lipinski definition) is 2. The summed E-state index contributed by atoms with van der Waals surface area (Å²) >= 11 is 6.18. The second kappa shape index (κ2) is 13.0. The standard InChI is InChI=1S/C32H31ClN2O4/c1-3-35(4-2)29-19-18-24(33)21-27(29)31(36)34-28(32(37)38)20-22-14-16-23(17-15-22)26-12-8-9-13-30(26)39-25-10-6-5-7-11-25/h5-19,21,28H,3-4,20H2,1-2H3,(H,34,36)(H,37,38). The first-order valence-corrected chi connectivity index (χ1v) is 13.3. The van der Waals surface area contributed by atoms with Gasteiger partial charge in [0.1, 0.15) is 17.5 Å². The molecule has 0 fully saturated rings. The largest absolute Gasteiger partial charge is 0.480 e. The predicted octanol–water partition coefficient (Wildman–Crippen LogP) is 7.07. The van der Waals surface area contributed by atoms with Gasteiger partial charge in [-0.05, 0) is 61.4 Å². The molecule has 0 aliphatic carbocycles. The van der Waals surface area contributed by atoms with Gasteiger partial charge in [0, 0.05) is 35.8 Å². The SMILES string of the molecule is CCN(CC)c1ccc(Cl)cc1C(=O)NC(Cc1ccc(-c2ccccc2Oc2ccccc2)cc1)C(=O)O. The summed E-state index contributed by atoms with van der Waals surface area (Å²) in [6.07, 6.45) is 0.130. The third-order valence-corrected chi connectivity index (χ3v) is 6.71. The van der Waals surface area contributed by atoms with E-state index in [9.17, 15) is 14.7 Å². The fourth-order valence-corrected chi connectivity index (χ4v) is 4.60. The van der Waals surface area contributed by atoms with Crippen molar-refractivity contribution in [3.63, 3.8) is 0 Å². The molecule has 39 heavy (non-hydrogen) atoms. The highest BCUT2D eigenvalue weighted by Gasteiger charge is 2.24. The Balaban J connectivity index is 1.51. The number of anilines is 1. The fourth-order valence-electron chi connectivity index (χ4n) is 4.43. The van der Waals surface area contributed by atoms with Crippen LogP contribution in [0.15, 0.2) is 97.1 Å². The molecule has 6 nitrogen and oxygen atoms in total. The number of halogens is 1. The van der Waals surface area contributed by atoms with Crippen LogP contribution in [0.2, 0.25) is 5.02 Å². The summed E-state index contributed by atoms with van der Waals surface area (Å²) in [5, 5.41) is 13.0. The van der Waals surface area contributed by atoms with Crippen LogP contribution in [0, 0.1) is 0 Å². The third kappa shape index (κ3) is 6.98. The number of amides is 1. The number of carbonyl (C=O) groups excluding carboxylic acids is 1. The van der Waals surface area contributed by atoms with Crippen LogP contribution < -0.4 is 15.0 Å². The van der Waals surface area contributed by atoms with Gasteiger partial charge < -0.3 is 20.1 Å². The summed E-state index contributed by atoms with van der Waals surface area (Å²) < 4.78 is 6.09. The molecular formula is C32H31ClN2O4. The number of carbonyl (C=O) groups is 2. The monoisotopic (exact) mass is 542 g/mol. The highest BCUT2D eigenvalue weighted by Crippen LogP contribution is 2.33. The molecule has 0 bridgehead atoms. The van der Waals surface area contributed by atoms with E-state index >= 15 is 0 Å². The van der Waals surface area contributed by atoms with Crippen molar-refractivity contribution in [3.8, 4) is 22.6 Å². The first-order chi connectivity index (χ1) is 18.9. The minimum absolute atomic E-state index is 0.130. The van der Waals surface area contributed by atoms with E-state index in [1.165, 1.54) is 0 Å². The smallest absolute Gasteiger partial charge is 0.326 e. The van der Waals surface area contributed by atoms with E-state index in [2.05, 4.69) is 5.32 Å². The number of ether oxygens (including phenoxy) is 1. The van der Waals surface area contributed by atoms with Gasteiger partial charge in [-0.1, -0.05) is 72.3 Å². The topological polar surface area (TPSA) is 78.9 Å². The molecule has 1 unspecified atom stereocenters. The second-order valence-electron chi connectivity index (χ2n) is 9.01. The molecule has 1 atom stereocenters. The van der Waals surface area contributed by atoms with Crippen LogP contribution in [0.3, 0.4) is 0 Å². The summed E-state index contributed by atoms with van der Waals surface area (Å²) in [6, 6.07) is 28.9. The molecule has 4 aromatic rings. The van der Waals surface area contributed by atoms with Gasteiger partial charge >= 0.3 is 5.97 Å². The zero-order valence-electron chi connectivity index (χ0n) is 21.9. The van der Waals surface area contributed by atoms with Crippen LogP contribution in [0.25, 0.3) is 11.1 Å². The molecule has 1 amide bonds. The fraction of sp³-hybridized carbons (Fsp3) is 0.188. The van der Waals surface area contributed by atoms with Crippen molar-refractivity contribution in [2.45, 2.75) is 26.3 Å². The molecule has 0 saturated heterocycles. The predicted molar refractivity (Wildman–Crippen MR) is 156 cm³/mol. The zero-order valence-corrected chi connectivity index (χ0v) is 22.7. The quantitative estimate of drug-likeness (QED) is 0.212. The molecule has 7 heteroatoms. The Morgan fingerprint density at radius 3 is 2.23 bits per heavy atom. The van der Waals surface area contributed by atoms with Gasteiger partial charge in [-0.3, -0.25) is 4.79 Å². The molecule has 0 heterocycles. The molecule has 0 aromatic heterocycles. The molecule has 2 N–H and O–H groups in total. The number of aliphatic carboxylic acids is 1. The van der Waals surface area contributed by atoms with E-state index in [4.69, 9.17) is 16.3 Å². The first kappa shape index (κ1) is 27.7. The molecule has 0 aliphatic heterocycles. The molecule has 4 aromatic carbocycles. The average Bonchev–Trinajstić information content (AvgIpc) is 2.95. The number of rotatable bonds is 11. The number of carboxylic acids is 1. The number of benzene rings is 4. The van der Waals surface area contributed by atoms with Gasteiger partial charge in [0.2, 0.25) is 0 Å². The van der Waals surface area contributed by atoms with Crippen LogP contribution in [0.1, 0.15) is 29.8 Å². The normalized spacial score (nSPS) is 11.5. The van der Waals surface area contributed by atoms with Crippen molar-refractivity contribution in [2.75, 3.05) is 18.0 Å². The first-order valence-electron chi connectivity index (χ1n) is 12.9. The van der Waals surface area contributed by atoms with Crippen LogP contribution >= 0.6 is 11.6 Å². The van der Waals surface area contributed by atoms with Crippen molar-refractivity contribution in [1.29, 1.82) is 0 Å². The van der Waals surface area contributed by atoms with Crippen molar-refractivity contribution in [1.82, 2.24) is 5.32 Å². The van der Waals surface area contributed by atoms with E-state index in [0.29, 0.717) is 29.4 Å². The Morgan fingerprint density at radius 2 is 1.56 bits per heavy atom. The Labute approximate surface area is 233 Å². The summed E-state index contributed by atoms with van der Waals surface area (Å²) in [5.41, 5.74) is 3.70. The van der Waals surface area contributed by atoms with E-state index in [-0.39, 0.29) is 6.42 Å². The molecule has 0 saturated carbocycles. The van der Waals surface area contributed by atoms with Gasteiger partial charge in [-0.25, -0.2) is 4.79 Å². The van der Waals surface area contributed by atoms with Crippen LogP contribution in [0.4, 0.5) is 5.69 Å². The van der Waals surface area contributed by atoms with Gasteiger partial charge in [0.05, 0.1) is 5.56 Å². The lowest BCUT2D eigenvalue weighted by atomic mass is 9.99.